The van der Waals surface area contributed by atoms with Crippen molar-refractivity contribution in [2.45, 2.75) is 51.0 Å². The summed E-state index contributed by atoms with van der Waals surface area (Å²) in [5, 5.41) is 2.86. The molecule has 0 spiro atoms. The Bertz CT molecular complexity index is 631. The van der Waals surface area contributed by atoms with Gasteiger partial charge in [0, 0.05) is 12.6 Å². The second-order valence-electron chi connectivity index (χ2n) is 6.99. The molecule has 0 radical (unpaired) electrons. The van der Waals surface area contributed by atoms with Crippen molar-refractivity contribution >= 4 is 28.2 Å². The Morgan fingerprint density at radius 2 is 1.81 bits per heavy atom. The van der Waals surface area contributed by atoms with Crippen LogP contribution in [0, 0.1) is 5.92 Å². The van der Waals surface area contributed by atoms with Crippen molar-refractivity contribution < 1.29 is 13.2 Å². The molecule has 1 saturated carbocycles. The van der Waals surface area contributed by atoms with E-state index in [2.05, 4.69) is 5.32 Å². The molecule has 3 N–H and O–H groups in total. The fraction of sp³-hybridized carbons (Fsp3) is 0.632. The smallest absolute Gasteiger partial charge is 0.235 e. The van der Waals surface area contributed by atoms with Gasteiger partial charge in [0.1, 0.15) is 5.75 Å². The molecule has 1 aromatic carbocycles. The molecule has 0 saturated heterocycles. The highest BCUT2D eigenvalue weighted by Crippen LogP contribution is 2.26. The number of carbonyl (C=O) groups is 1. The number of halogens is 1. The molecule has 0 bridgehead atoms. The van der Waals surface area contributed by atoms with E-state index in [-0.39, 0.29) is 24.2 Å². The monoisotopic (exact) mass is 402 g/mol. The number of nitrogens with two attached hydrogens (primary N) is 1. The van der Waals surface area contributed by atoms with E-state index in [1.807, 2.05) is 30.3 Å². The van der Waals surface area contributed by atoms with Crippen molar-refractivity contribution in [2.75, 3.05) is 18.1 Å². The quantitative estimate of drug-likeness (QED) is 0.664. The predicted octanol–water partition coefficient (Wildman–Crippen LogP) is 2.48. The molecule has 0 aliphatic heterocycles. The molecule has 148 valence electrons. The average molecular weight is 403 g/mol. The van der Waals surface area contributed by atoms with E-state index in [0.717, 1.165) is 31.2 Å². The topological polar surface area (TPSA) is 89.3 Å². The first-order chi connectivity index (χ1) is 12.0. The van der Waals surface area contributed by atoms with Crippen LogP contribution in [-0.4, -0.2) is 38.4 Å². The molecule has 1 unspecified atom stereocenters. The number of nitrogens with one attached hydrogen (secondary N) is 1. The first-order valence-corrected chi connectivity index (χ1v) is 11.1. The molecule has 1 atom stereocenters. The maximum absolute atomic E-state index is 12.2. The molecular weight excluding hydrogens is 372 g/mol. The van der Waals surface area contributed by atoms with E-state index >= 15 is 0 Å². The Morgan fingerprint density at radius 3 is 2.42 bits per heavy atom. The third-order valence-electron chi connectivity index (χ3n) is 4.93. The van der Waals surface area contributed by atoms with Gasteiger partial charge < -0.3 is 11.1 Å². The van der Waals surface area contributed by atoms with E-state index in [1.165, 1.54) is 6.42 Å². The van der Waals surface area contributed by atoms with E-state index in [9.17, 15) is 13.2 Å². The van der Waals surface area contributed by atoms with Crippen LogP contribution in [0.1, 0.15) is 44.1 Å². The van der Waals surface area contributed by atoms with Gasteiger partial charge in [0.15, 0.2) is 9.84 Å². The van der Waals surface area contributed by atoms with Crippen molar-refractivity contribution in [3.63, 3.8) is 0 Å². The normalized spacial score (nSPS) is 16.5. The summed E-state index contributed by atoms with van der Waals surface area (Å²) in [5.41, 5.74) is 6.91. The molecular formula is C19H31ClN2O3S. The molecule has 1 aliphatic carbocycles. The summed E-state index contributed by atoms with van der Waals surface area (Å²) in [6, 6.07) is 9.67. The Balaban J connectivity index is 0.00000338. The van der Waals surface area contributed by atoms with Crippen LogP contribution in [-0.2, 0) is 21.1 Å². The third kappa shape index (κ3) is 8.06. The summed E-state index contributed by atoms with van der Waals surface area (Å²) >= 11 is 0. The number of amides is 1. The first-order valence-electron chi connectivity index (χ1n) is 9.24. The molecule has 1 fully saturated rings. The maximum Gasteiger partial charge on any atom is 0.235 e. The van der Waals surface area contributed by atoms with Crippen molar-refractivity contribution in [3.8, 4) is 0 Å². The Hall–Kier alpha value is -1.11. The third-order valence-corrected chi connectivity index (χ3v) is 6.55. The summed E-state index contributed by atoms with van der Waals surface area (Å²) < 4.78 is 24.4. The van der Waals surface area contributed by atoms with Crippen LogP contribution in [0.3, 0.4) is 0 Å². The van der Waals surface area contributed by atoms with Gasteiger partial charge in [-0.25, -0.2) is 8.42 Å². The van der Waals surface area contributed by atoms with E-state index in [1.54, 1.807) is 0 Å². The van der Waals surface area contributed by atoms with Gasteiger partial charge >= 0.3 is 0 Å². The molecule has 2 rings (SSSR count). The van der Waals surface area contributed by atoms with Gasteiger partial charge in [-0.1, -0.05) is 49.6 Å². The van der Waals surface area contributed by atoms with E-state index in [0.29, 0.717) is 25.3 Å². The standard InChI is InChI=1S/C19H30N2O3S.ClH/c20-14-18(17-11-5-2-6-12-17)21-19(22)15-25(23,24)13-7-10-16-8-3-1-4-9-16;/h1,3-4,8-9,17-18H,2,5-7,10-15,20H2,(H,21,22);1H. The predicted molar refractivity (Wildman–Crippen MR) is 108 cm³/mol. The Kier molecular flexibility index (Phi) is 10.2. The van der Waals surface area contributed by atoms with Gasteiger partial charge in [0.05, 0.1) is 5.75 Å². The van der Waals surface area contributed by atoms with E-state index < -0.39 is 21.5 Å². The number of aryl methyl sites for hydroxylation is 1. The van der Waals surface area contributed by atoms with Crippen molar-refractivity contribution in [3.05, 3.63) is 35.9 Å². The summed E-state index contributed by atoms with van der Waals surface area (Å²) in [6.07, 6.45) is 6.91. The highest BCUT2D eigenvalue weighted by atomic mass is 35.5. The lowest BCUT2D eigenvalue weighted by Gasteiger charge is -2.30. The van der Waals surface area contributed by atoms with Gasteiger partial charge in [0.25, 0.3) is 0 Å². The van der Waals surface area contributed by atoms with Gasteiger partial charge in [-0.05, 0) is 37.2 Å². The largest absolute Gasteiger partial charge is 0.351 e. The highest BCUT2D eigenvalue weighted by molar-refractivity contribution is 7.92. The number of sulfone groups is 1. The van der Waals surface area contributed by atoms with Crippen LogP contribution in [0.15, 0.2) is 30.3 Å². The van der Waals surface area contributed by atoms with Crippen LogP contribution < -0.4 is 11.1 Å². The fourth-order valence-electron chi connectivity index (χ4n) is 3.57. The number of rotatable bonds is 9. The second kappa shape index (κ2) is 11.6. The van der Waals surface area contributed by atoms with E-state index in [4.69, 9.17) is 5.73 Å². The molecule has 5 nitrogen and oxygen atoms in total. The van der Waals surface area contributed by atoms with Crippen LogP contribution in [0.25, 0.3) is 0 Å². The number of benzene rings is 1. The summed E-state index contributed by atoms with van der Waals surface area (Å²) in [7, 11) is -3.39. The second-order valence-corrected chi connectivity index (χ2v) is 9.17. The minimum Gasteiger partial charge on any atom is -0.351 e. The van der Waals surface area contributed by atoms with Crippen LogP contribution in [0.2, 0.25) is 0 Å². The highest BCUT2D eigenvalue weighted by Gasteiger charge is 2.25. The number of hydrogen-bond donors (Lipinski definition) is 2. The lowest BCUT2D eigenvalue weighted by atomic mass is 9.84. The number of carbonyl (C=O) groups excluding carboxylic acids is 1. The lowest BCUT2D eigenvalue weighted by Crippen LogP contribution is -2.47. The summed E-state index contributed by atoms with van der Waals surface area (Å²) in [6.45, 7) is 0.366. The van der Waals surface area contributed by atoms with Crippen LogP contribution >= 0.6 is 12.4 Å². The Labute approximate surface area is 163 Å². The number of hydrogen-bond acceptors (Lipinski definition) is 4. The van der Waals surface area contributed by atoms with Gasteiger partial charge in [-0.15, -0.1) is 12.4 Å². The summed E-state index contributed by atoms with van der Waals surface area (Å²) in [5.74, 6) is -0.443. The molecule has 0 heterocycles. The van der Waals surface area contributed by atoms with Crippen LogP contribution in [0.5, 0.6) is 0 Å². The average Bonchev–Trinajstić information content (AvgIpc) is 2.60. The Morgan fingerprint density at radius 1 is 1.15 bits per heavy atom. The molecule has 26 heavy (non-hydrogen) atoms. The minimum atomic E-state index is -3.39. The van der Waals surface area contributed by atoms with Gasteiger partial charge in [-0.3, -0.25) is 4.79 Å². The van der Waals surface area contributed by atoms with Crippen LogP contribution in [0.4, 0.5) is 0 Å². The molecule has 1 amide bonds. The maximum atomic E-state index is 12.2. The zero-order chi connectivity index (χ0) is 18.1. The van der Waals surface area contributed by atoms with Gasteiger partial charge in [0.2, 0.25) is 5.91 Å². The SMILES string of the molecule is Cl.NCC(NC(=O)CS(=O)(=O)CCCc1ccccc1)C1CCCCC1. The summed E-state index contributed by atoms with van der Waals surface area (Å²) in [4.78, 5) is 12.2. The minimum absolute atomic E-state index is 0. The molecule has 1 aromatic rings. The van der Waals surface area contributed by atoms with Gasteiger partial charge in [-0.2, -0.15) is 0 Å². The zero-order valence-electron chi connectivity index (χ0n) is 15.2. The lowest BCUT2D eigenvalue weighted by molar-refractivity contribution is -0.119. The van der Waals surface area contributed by atoms with Crippen molar-refractivity contribution in [1.29, 1.82) is 0 Å². The zero-order valence-corrected chi connectivity index (χ0v) is 16.9. The molecule has 7 heteroatoms. The molecule has 1 aliphatic rings. The fourth-order valence-corrected chi connectivity index (χ4v) is 4.78. The first kappa shape index (κ1) is 22.9. The van der Waals surface area contributed by atoms with Crippen molar-refractivity contribution in [1.82, 2.24) is 5.32 Å². The van der Waals surface area contributed by atoms with Crippen molar-refractivity contribution in [2.24, 2.45) is 11.7 Å². The molecule has 0 aromatic heterocycles.